The van der Waals surface area contributed by atoms with E-state index in [0.29, 0.717) is 17.8 Å². The average molecular weight is 319 g/mol. The van der Waals surface area contributed by atoms with Crippen molar-refractivity contribution in [3.8, 4) is 0 Å². The lowest BCUT2D eigenvalue weighted by Gasteiger charge is -2.07. The van der Waals surface area contributed by atoms with Crippen LogP contribution in [-0.4, -0.2) is 5.91 Å². The SMILES string of the molecule is Cc1ccc(CNC(=O)c2cc(N)cc(Br)c2)cc1. The highest BCUT2D eigenvalue weighted by Crippen LogP contribution is 2.17. The van der Waals surface area contributed by atoms with Crippen molar-refractivity contribution in [3.05, 3.63) is 63.6 Å². The Kier molecular flexibility index (Phi) is 4.22. The van der Waals surface area contributed by atoms with Gasteiger partial charge in [0, 0.05) is 22.3 Å². The number of amides is 1. The van der Waals surface area contributed by atoms with Crippen LogP contribution >= 0.6 is 15.9 Å². The standard InChI is InChI=1S/C15H15BrN2O/c1-10-2-4-11(5-3-10)9-18-15(19)12-6-13(16)8-14(17)7-12/h2-8H,9,17H2,1H3,(H,18,19). The molecule has 0 atom stereocenters. The number of aryl methyl sites for hydroxylation is 1. The van der Waals surface area contributed by atoms with E-state index < -0.39 is 0 Å². The first-order chi connectivity index (χ1) is 9.04. The van der Waals surface area contributed by atoms with Crippen LogP contribution in [-0.2, 0) is 6.54 Å². The summed E-state index contributed by atoms with van der Waals surface area (Å²) in [4.78, 5) is 12.0. The molecule has 3 nitrogen and oxygen atoms in total. The van der Waals surface area contributed by atoms with Gasteiger partial charge in [-0.3, -0.25) is 4.79 Å². The summed E-state index contributed by atoms with van der Waals surface area (Å²) in [6, 6.07) is 13.2. The summed E-state index contributed by atoms with van der Waals surface area (Å²) in [6.45, 7) is 2.54. The minimum Gasteiger partial charge on any atom is -0.399 e. The van der Waals surface area contributed by atoms with Gasteiger partial charge in [-0.1, -0.05) is 45.8 Å². The lowest BCUT2D eigenvalue weighted by Crippen LogP contribution is -2.22. The van der Waals surface area contributed by atoms with Crippen molar-refractivity contribution < 1.29 is 4.79 Å². The van der Waals surface area contributed by atoms with E-state index in [1.165, 1.54) is 5.56 Å². The Balaban J connectivity index is 2.03. The predicted molar refractivity (Wildman–Crippen MR) is 80.9 cm³/mol. The molecule has 0 aliphatic heterocycles. The maximum Gasteiger partial charge on any atom is 0.251 e. The zero-order valence-corrected chi connectivity index (χ0v) is 12.2. The number of carbonyl (C=O) groups is 1. The second-order valence-corrected chi connectivity index (χ2v) is 5.36. The van der Waals surface area contributed by atoms with Gasteiger partial charge in [-0.05, 0) is 30.7 Å². The molecule has 2 rings (SSSR count). The average Bonchev–Trinajstić information content (AvgIpc) is 2.36. The molecule has 4 heteroatoms. The van der Waals surface area contributed by atoms with Crippen LogP contribution in [0.1, 0.15) is 21.5 Å². The Hall–Kier alpha value is -1.81. The Bertz CT molecular complexity index is 573. The van der Waals surface area contributed by atoms with Gasteiger partial charge < -0.3 is 11.1 Å². The number of carbonyl (C=O) groups excluding carboxylic acids is 1. The van der Waals surface area contributed by atoms with Crippen LogP contribution < -0.4 is 11.1 Å². The lowest BCUT2D eigenvalue weighted by molar-refractivity contribution is 0.0951. The highest BCUT2D eigenvalue weighted by Gasteiger charge is 2.07. The normalized spacial score (nSPS) is 10.2. The van der Waals surface area contributed by atoms with Gasteiger partial charge in [-0.15, -0.1) is 0 Å². The first-order valence-corrected chi connectivity index (χ1v) is 6.74. The molecule has 0 radical (unpaired) electrons. The van der Waals surface area contributed by atoms with E-state index in [0.717, 1.165) is 10.0 Å². The quantitative estimate of drug-likeness (QED) is 0.853. The molecule has 0 unspecified atom stereocenters. The molecule has 0 heterocycles. The monoisotopic (exact) mass is 318 g/mol. The van der Waals surface area contributed by atoms with Gasteiger partial charge in [0.1, 0.15) is 0 Å². The first kappa shape index (κ1) is 13.6. The molecule has 98 valence electrons. The first-order valence-electron chi connectivity index (χ1n) is 5.94. The van der Waals surface area contributed by atoms with Gasteiger partial charge in [0.15, 0.2) is 0 Å². The van der Waals surface area contributed by atoms with Gasteiger partial charge in [0.2, 0.25) is 0 Å². The number of hydrogen-bond acceptors (Lipinski definition) is 2. The van der Waals surface area contributed by atoms with E-state index in [1.807, 2.05) is 31.2 Å². The summed E-state index contributed by atoms with van der Waals surface area (Å²) in [5, 5.41) is 2.87. The maximum absolute atomic E-state index is 12.0. The molecule has 0 aliphatic rings. The van der Waals surface area contributed by atoms with Crippen LogP contribution in [0.15, 0.2) is 46.9 Å². The van der Waals surface area contributed by atoms with Crippen LogP contribution in [0.5, 0.6) is 0 Å². The van der Waals surface area contributed by atoms with Gasteiger partial charge in [0.25, 0.3) is 5.91 Å². The van der Waals surface area contributed by atoms with Crippen molar-refractivity contribution in [1.82, 2.24) is 5.32 Å². The van der Waals surface area contributed by atoms with E-state index in [-0.39, 0.29) is 5.91 Å². The van der Waals surface area contributed by atoms with E-state index in [2.05, 4.69) is 21.2 Å². The summed E-state index contributed by atoms with van der Waals surface area (Å²) in [6.07, 6.45) is 0. The maximum atomic E-state index is 12.0. The van der Waals surface area contributed by atoms with E-state index >= 15 is 0 Å². The fourth-order valence-corrected chi connectivity index (χ4v) is 2.24. The van der Waals surface area contributed by atoms with Crippen LogP contribution in [0.2, 0.25) is 0 Å². The van der Waals surface area contributed by atoms with Crippen LogP contribution in [0.3, 0.4) is 0 Å². The molecule has 0 spiro atoms. The molecule has 0 aromatic heterocycles. The van der Waals surface area contributed by atoms with Crippen molar-refractivity contribution >= 4 is 27.5 Å². The number of nitrogens with one attached hydrogen (secondary N) is 1. The smallest absolute Gasteiger partial charge is 0.251 e. The minimum atomic E-state index is -0.131. The molecule has 0 fully saturated rings. The number of nitrogens with two attached hydrogens (primary N) is 1. The minimum absolute atomic E-state index is 0.131. The molecular weight excluding hydrogens is 304 g/mol. The number of halogens is 1. The summed E-state index contributed by atoms with van der Waals surface area (Å²) in [7, 11) is 0. The summed E-state index contributed by atoms with van der Waals surface area (Å²) in [5.74, 6) is -0.131. The zero-order valence-electron chi connectivity index (χ0n) is 10.6. The molecule has 2 aromatic rings. The van der Waals surface area contributed by atoms with Crippen molar-refractivity contribution in [2.24, 2.45) is 0 Å². The van der Waals surface area contributed by atoms with E-state index in [9.17, 15) is 4.79 Å². The molecule has 3 N–H and O–H groups in total. The Morgan fingerprint density at radius 3 is 2.53 bits per heavy atom. The number of hydrogen-bond donors (Lipinski definition) is 2. The lowest BCUT2D eigenvalue weighted by atomic mass is 10.1. The fourth-order valence-electron chi connectivity index (χ4n) is 1.73. The van der Waals surface area contributed by atoms with Crippen molar-refractivity contribution in [2.75, 3.05) is 5.73 Å². The topological polar surface area (TPSA) is 55.1 Å². The third-order valence-corrected chi connectivity index (χ3v) is 3.21. The molecule has 0 saturated heterocycles. The van der Waals surface area contributed by atoms with Crippen molar-refractivity contribution in [3.63, 3.8) is 0 Å². The number of anilines is 1. The number of nitrogen functional groups attached to an aromatic ring is 1. The van der Waals surface area contributed by atoms with Crippen molar-refractivity contribution in [1.29, 1.82) is 0 Å². The largest absolute Gasteiger partial charge is 0.399 e. The Labute approximate surface area is 121 Å². The molecule has 19 heavy (non-hydrogen) atoms. The second kappa shape index (κ2) is 5.89. The van der Waals surface area contributed by atoms with Gasteiger partial charge in [-0.25, -0.2) is 0 Å². The molecule has 1 amide bonds. The highest BCUT2D eigenvalue weighted by molar-refractivity contribution is 9.10. The number of rotatable bonds is 3. The van der Waals surface area contributed by atoms with Crippen molar-refractivity contribution in [2.45, 2.75) is 13.5 Å². The van der Waals surface area contributed by atoms with Crippen LogP contribution in [0.25, 0.3) is 0 Å². The zero-order chi connectivity index (χ0) is 13.8. The molecule has 0 bridgehead atoms. The second-order valence-electron chi connectivity index (χ2n) is 4.44. The van der Waals surface area contributed by atoms with Crippen LogP contribution in [0, 0.1) is 6.92 Å². The van der Waals surface area contributed by atoms with E-state index in [4.69, 9.17) is 5.73 Å². The molecule has 0 aliphatic carbocycles. The summed E-state index contributed by atoms with van der Waals surface area (Å²) >= 11 is 3.33. The van der Waals surface area contributed by atoms with Gasteiger partial charge >= 0.3 is 0 Å². The van der Waals surface area contributed by atoms with Crippen LogP contribution in [0.4, 0.5) is 5.69 Å². The number of benzene rings is 2. The third kappa shape index (κ3) is 3.83. The van der Waals surface area contributed by atoms with E-state index in [1.54, 1.807) is 18.2 Å². The van der Waals surface area contributed by atoms with Gasteiger partial charge in [-0.2, -0.15) is 0 Å². The summed E-state index contributed by atoms with van der Waals surface area (Å²) in [5.41, 5.74) is 9.11. The molecule has 0 saturated carbocycles. The third-order valence-electron chi connectivity index (χ3n) is 2.76. The molecule has 2 aromatic carbocycles. The summed E-state index contributed by atoms with van der Waals surface area (Å²) < 4.78 is 0.799. The fraction of sp³-hybridized carbons (Fsp3) is 0.133. The molecular formula is C15H15BrN2O. The Morgan fingerprint density at radius 2 is 1.89 bits per heavy atom. The predicted octanol–water partition coefficient (Wildman–Crippen LogP) is 3.27. The Morgan fingerprint density at radius 1 is 1.21 bits per heavy atom. The van der Waals surface area contributed by atoms with Gasteiger partial charge in [0.05, 0.1) is 0 Å². The highest BCUT2D eigenvalue weighted by atomic mass is 79.9.